The van der Waals surface area contributed by atoms with Crippen LogP contribution in [0.1, 0.15) is 12.8 Å². The smallest absolute Gasteiger partial charge is 0.346 e. The van der Waals surface area contributed by atoms with Crippen molar-refractivity contribution in [2.24, 2.45) is 5.92 Å². The predicted molar refractivity (Wildman–Crippen MR) is 103 cm³/mol. The first-order valence-corrected chi connectivity index (χ1v) is 8.06. The molecule has 8 heteroatoms. The predicted octanol–water partition coefficient (Wildman–Crippen LogP) is 1.89. The van der Waals surface area contributed by atoms with E-state index in [2.05, 4.69) is 28.6 Å². The summed E-state index contributed by atoms with van der Waals surface area (Å²) in [6, 6.07) is 2.29. The molecule has 0 fully saturated rings. The van der Waals surface area contributed by atoms with Crippen LogP contribution in [0.5, 0.6) is 0 Å². The van der Waals surface area contributed by atoms with Crippen molar-refractivity contribution in [3.05, 3.63) is 91.3 Å². The van der Waals surface area contributed by atoms with Crippen molar-refractivity contribution >= 4 is 27.5 Å². The zero-order valence-electron chi connectivity index (χ0n) is 14.7. The van der Waals surface area contributed by atoms with Crippen LogP contribution in [0.25, 0.3) is 21.5 Å². The minimum Gasteiger partial charge on any atom is -0.478 e. The van der Waals surface area contributed by atoms with Crippen molar-refractivity contribution in [1.29, 1.82) is 0 Å². The van der Waals surface area contributed by atoms with Crippen molar-refractivity contribution in [2.75, 3.05) is 0 Å². The molecule has 1 aromatic carbocycles. The molecule has 0 aliphatic heterocycles. The van der Waals surface area contributed by atoms with E-state index in [1.807, 2.05) is 0 Å². The zero-order chi connectivity index (χ0) is 21.0. The Balaban J connectivity index is 0.000000211. The van der Waals surface area contributed by atoms with Crippen LogP contribution in [0.2, 0.25) is 0 Å². The van der Waals surface area contributed by atoms with E-state index in [0.29, 0.717) is 12.8 Å². The summed E-state index contributed by atoms with van der Waals surface area (Å²) in [6.07, 6.45) is 4.67. The van der Waals surface area contributed by atoms with E-state index in [1.165, 1.54) is 0 Å². The van der Waals surface area contributed by atoms with Crippen molar-refractivity contribution in [1.82, 2.24) is 0 Å². The molecular weight excluding hydrogens is 368 g/mol. The first kappa shape index (κ1) is 20.5. The summed E-state index contributed by atoms with van der Waals surface area (Å²) in [5.74, 6) is -0.999. The minimum absolute atomic E-state index is 0.0181. The fourth-order valence-electron chi connectivity index (χ4n) is 2.62. The third-order valence-corrected chi connectivity index (χ3v) is 4.08. The quantitative estimate of drug-likeness (QED) is 0.503. The van der Waals surface area contributed by atoms with Crippen LogP contribution in [-0.2, 0) is 4.79 Å². The molecule has 0 spiro atoms. The molecule has 0 bridgehead atoms. The molecule has 0 amide bonds. The van der Waals surface area contributed by atoms with Gasteiger partial charge in [-0.2, -0.15) is 0 Å². The second kappa shape index (κ2) is 8.26. The Labute approximate surface area is 157 Å². The summed E-state index contributed by atoms with van der Waals surface area (Å²) >= 11 is 0. The van der Waals surface area contributed by atoms with Crippen LogP contribution in [0, 0.1) is 5.92 Å². The van der Waals surface area contributed by atoms with E-state index in [-0.39, 0.29) is 33.0 Å². The van der Waals surface area contributed by atoms with Gasteiger partial charge in [-0.3, -0.25) is 0 Å². The van der Waals surface area contributed by atoms with E-state index in [9.17, 15) is 24.0 Å². The lowest BCUT2D eigenvalue weighted by molar-refractivity contribution is -0.133. The number of hydrogen-bond acceptors (Lipinski definition) is 7. The highest BCUT2D eigenvalue weighted by atomic mass is 16.4. The van der Waals surface area contributed by atoms with Gasteiger partial charge in [-0.25, -0.2) is 24.0 Å². The van der Waals surface area contributed by atoms with E-state index in [0.717, 1.165) is 12.1 Å². The molecular formula is C20H16O8. The van der Waals surface area contributed by atoms with E-state index in [4.69, 9.17) is 5.11 Å². The molecule has 3 aromatic rings. The van der Waals surface area contributed by atoms with Crippen LogP contribution in [0.3, 0.4) is 0 Å². The van der Waals surface area contributed by atoms with Crippen molar-refractivity contribution in [3.63, 3.8) is 0 Å². The lowest BCUT2D eigenvalue weighted by Crippen LogP contribution is -2.10. The van der Waals surface area contributed by atoms with Gasteiger partial charge in [0, 0.05) is 5.57 Å². The Bertz CT molecular complexity index is 1120. The highest BCUT2D eigenvalue weighted by Crippen LogP contribution is 2.18. The Kier molecular flexibility index (Phi) is 6.04. The number of benzene rings is 1. The number of hydrogen-bond donors (Lipinski definition) is 1. The molecule has 1 N–H and O–H groups in total. The van der Waals surface area contributed by atoms with Crippen molar-refractivity contribution in [2.45, 2.75) is 12.8 Å². The van der Waals surface area contributed by atoms with Crippen LogP contribution in [0.15, 0.2) is 77.6 Å². The number of carboxylic acids is 1. The highest BCUT2D eigenvalue weighted by molar-refractivity contribution is 5.96. The molecule has 3 rings (SSSR count). The van der Waals surface area contributed by atoms with Crippen LogP contribution < -0.4 is 22.5 Å². The second-order valence-electron chi connectivity index (χ2n) is 5.87. The van der Waals surface area contributed by atoms with Crippen LogP contribution >= 0.6 is 0 Å². The average Bonchev–Trinajstić information content (AvgIpc) is 3.09. The lowest BCUT2D eigenvalue weighted by atomic mass is 9.93. The Hall–Kier alpha value is -3.81. The van der Waals surface area contributed by atoms with E-state index < -0.39 is 28.5 Å². The zero-order valence-corrected chi connectivity index (χ0v) is 14.7. The van der Waals surface area contributed by atoms with Crippen molar-refractivity contribution < 1.29 is 18.7 Å². The molecule has 2 heterocycles. The molecule has 8 nitrogen and oxygen atoms in total. The Morgan fingerprint density at radius 1 is 0.857 bits per heavy atom. The molecule has 0 atom stereocenters. The number of allylic oxidation sites excluding steroid dienone is 2. The number of carboxylic acid groups (broad SMARTS) is 1. The molecule has 0 unspecified atom stereocenters. The Morgan fingerprint density at radius 3 is 1.43 bits per heavy atom. The summed E-state index contributed by atoms with van der Waals surface area (Å²) in [6.45, 7) is 10.6. The second-order valence-corrected chi connectivity index (χ2v) is 5.87. The molecule has 0 radical (unpaired) electrons. The molecule has 2 aromatic heterocycles. The molecule has 0 saturated heterocycles. The third kappa shape index (κ3) is 3.96. The SMILES string of the molecule is C=CCC(CC=C)C(=C)C(=O)O.O=c1oc(=O)c2cc3c(=O)oc(=O)c3cc12. The summed E-state index contributed by atoms with van der Waals surface area (Å²) in [5, 5.41) is 8.56. The van der Waals surface area contributed by atoms with Gasteiger partial charge in [0.2, 0.25) is 0 Å². The summed E-state index contributed by atoms with van der Waals surface area (Å²) in [7, 11) is 0. The summed E-state index contributed by atoms with van der Waals surface area (Å²) in [5.41, 5.74) is -3.07. The third-order valence-electron chi connectivity index (χ3n) is 4.08. The van der Waals surface area contributed by atoms with Gasteiger partial charge in [0.25, 0.3) is 0 Å². The number of carbonyl (C=O) groups is 1. The first-order chi connectivity index (χ1) is 13.2. The van der Waals surface area contributed by atoms with Gasteiger partial charge in [-0.1, -0.05) is 18.7 Å². The number of fused-ring (bicyclic) bond motifs is 2. The highest BCUT2D eigenvalue weighted by Gasteiger charge is 2.16. The number of rotatable bonds is 6. The topological polar surface area (TPSA) is 132 Å². The lowest BCUT2D eigenvalue weighted by Gasteiger charge is -2.11. The number of furan rings is 2. The Morgan fingerprint density at radius 2 is 1.18 bits per heavy atom. The number of aliphatic carboxylic acids is 1. The summed E-state index contributed by atoms with van der Waals surface area (Å²) < 4.78 is 8.68. The fraction of sp³-hybridized carbons (Fsp3) is 0.150. The van der Waals surface area contributed by atoms with Gasteiger partial charge in [0.05, 0.1) is 21.5 Å². The van der Waals surface area contributed by atoms with Gasteiger partial charge in [0.1, 0.15) is 0 Å². The average molecular weight is 384 g/mol. The molecule has 28 heavy (non-hydrogen) atoms. The monoisotopic (exact) mass is 384 g/mol. The van der Waals surface area contributed by atoms with Crippen molar-refractivity contribution in [3.8, 4) is 0 Å². The normalized spacial score (nSPS) is 10.6. The summed E-state index contributed by atoms with van der Waals surface area (Å²) in [4.78, 5) is 55.3. The standard InChI is InChI=1S/C10H2O6.C10H14O2/c11-7-3-1-4-6(10(14)16-8(4)12)2-5(3)9(13)15-7;1-4-6-9(7-5-2)8(3)10(11)12/h1-2H;4-5,9H,1-3,6-7H2,(H,11,12). The van der Waals surface area contributed by atoms with Crippen LogP contribution in [-0.4, -0.2) is 11.1 Å². The minimum atomic E-state index is -0.941. The van der Waals surface area contributed by atoms with Gasteiger partial charge in [-0.05, 0) is 30.9 Å². The first-order valence-electron chi connectivity index (χ1n) is 8.06. The fourth-order valence-corrected chi connectivity index (χ4v) is 2.62. The van der Waals surface area contributed by atoms with E-state index in [1.54, 1.807) is 12.2 Å². The van der Waals surface area contributed by atoms with Gasteiger partial charge in [0.15, 0.2) is 0 Å². The van der Waals surface area contributed by atoms with Crippen LogP contribution in [0.4, 0.5) is 0 Å². The molecule has 0 aliphatic carbocycles. The van der Waals surface area contributed by atoms with E-state index >= 15 is 0 Å². The van der Waals surface area contributed by atoms with Gasteiger partial charge in [-0.15, -0.1) is 13.2 Å². The largest absolute Gasteiger partial charge is 0.478 e. The van der Waals surface area contributed by atoms with Gasteiger partial charge >= 0.3 is 28.5 Å². The maximum absolute atomic E-state index is 11.2. The maximum atomic E-state index is 11.2. The molecule has 0 saturated carbocycles. The maximum Gasteiger partial charge on any atom is 0.346 e. The van der Waals surface area contributed by atoms with Gasteiger partial charge < -0.3 is 13.9 Å². The molecule has 144 valence electrons. The molecule has 0 aliphatic rings.